The average Bonchev–Trinajstić information content (AvgIpc) is 2.83. The van der Waals surface area contributed by atoms with Crippen molar-refractivity contribution in [3.8, 4) is 5.75 Å². The van der Waals surface area contributed by atoms with Crippen molar-refractivity contribution in [3.63, 3.8) is 0 Å². The summed E-state index contributed by atoms with van der Waals surface area (Å²) in [5, 5.41) is 22.6. The summed E-state index contributed by atoms with van der Waals surface area (Å²) in [4.78, 5) is 14.5. The molecule has 0 spiro atoms. The van der Waals surface area contributed by atoms with Crippen LogP contribution in [0.5, 0.6) is 5.75 Å². The van der Waals surface area contributed by atoms with Crippen LogP contribution < -0.4 is 10.2 Å². The first-order valence-corrected chi connectivity index (χ1v) is 11.9. The molecule has 4 rings (SSSR count). The third-order valence-electron chi connectivity index (χ3n) is 5.27. The van der Waals surface area contributed by atoms with E-state index in [2.05, 4.69) is 15.5 Å². The average molecular weight is 490 g/mol. The van der Waals surface area contributed by atoms with Crippen LogP contribution in [-0.4, -0.2) is 38.1 Å². The molecule has 0 fully saturated rings. The van der Waals surface area contributed by atoms with Crippen LogP contribution in [0.3, 0.4) is 0 Å². The molecule has 0 aliphatic carbocycles. The molecule has 2 N–H and O–H groups in total. The third-order valence-corrected chi connectivity index (χ3v) is 6.16. The molecule has 0 aliphatic rings. The number of phenols is 1. The van der Waals surface area contributed by atoms with Crippen molar-refractivity contribution in [2.24, 2.45) is 10.2 Å². The van der Waals surface area contributed by atoms with Gasteiger partial charge in [-0.3, -0.25) is 4.79 Å². The minimum atomic E-state index is -4.77. The molecule has 9 nitrogen and oxygen atoms in total. The van der Waals surface area contributed by atoms with Gasteiger partial charge in [0.25, 0.3) is 5.91 Å². The highest BCUT2D eigenvalue weighted by Crippen LogP contribution is 2.38. The molecule has 0 heterocycles. The van der Waals surface area contributed by atoms with Gasteiger partial charge in [-0.1, -0.05) is 48.5 Å². The summed E-state index contributed by atoms with van der Waals surface area (Å²) in [6.07, 6.45) is 0. The lowest BCUT2D eigenvalue weighted by molar-refractivity contribution is 0.102. The van der Waals surface area contributed by atoms with Gasteiger partial charge in [0, 0.05) is 24.9 Å². The van der Waals surface area contributed by atoms with Gasteiger partial charge in [-0.05, 0) is 30.3 Å². The number of carbonyl (C=O) groups excluding carboxylic acids is 1. The maximum absolute atomic E-state index is 13.2. The fraction of sp³-hybridized carbons (Fsp3) is 0.0800. The molecule has 0 radical (unpaired) electrons. The van der Waals surface area contributed by atoms with E-state index < -0.39 is 20.9 Å². The fourth-order valence-corrected chi connectivity index (χ4v) is 4.22. The second kappa shape index (κ2) is 9.53. The summed E-state index contributed by atoms with van der Waals surface area (Å²) >= 11 is 0. The molecule has 4 aromatic carbocycles. The lowest BCUT2D eigenvalue weighted by Crippen LogP contribution is -2.16. The zero-order chi connectivity index (χ0) is 25.2. The van der Waals surface area contributed by atoms with Gasteiger partial charge in [0.15, 0.2) is 0 Å². The van der Waals surface area contributed by atoms with Crippen LogP contribution in [0, 0.1) is 0 Å². The van der Waals surface area contributed by atoms with E-state index in [4.69, 9.17) is 0 Å². The number of fused-ring (bicyclic) bond motifs is 1. The Labute approximate surface area is 202 Å². The molecule has 0 saturated heterocycles. The van der Waals surface area contributed by atoms with E-state index in [9.17, 15) is 22.9 Å². The maximum Gasteiger partial charge on any atom is 0.259 e. The van der Waals surface area contributed by atoms with Crippen LogP contribution in [0.4, 0.5) is 22.7 Å². The van der Waals surface area contributed by atoms with Gasteiger partial charge in [-0.25, -0.2) is 8.42 Å². The normalized spacial score (nSPS) is 11.6. The Morgan fingerprint density at radius 2 is 1.49 bits per heavy atom. The number of benzene rings is 4. The van der Waals surface area contributed by atoms with Gasteiger partial charge in [0.05, 0.1) is 27.5 Å². The lowest BCUT2D eigenvalue weighted by atomic mass is 10.0. The van der Waals surface area contributed by atoms with Crippen LogP contribution in [0.25, 0.3) is 10.8 Å². The molecule has 0 bridgehead atoms. The molecule has 10 heteroatoms. The Morgan fingerprint density at radius 1 is 0.886 bits per heavy atom. The second-order valence-electron chi connectivity index (χ2n) is 7.82. The molecule has 4 aromatic rings. The van der Waals surface area contributed by atoms with Gasteiger partial charge in [-0.15, -0.1) is 10.2 Å². The van der Waals surface area contributed by atoms with Crippen LogP contribution in [0.1, 0.15) is 10.4 Å². The predicted octanol–water partition coefficient (Wildman–Crippen LogP) is 5.18. The summed E-state index contributed by atoms with van der Waals surface area (Å²) in [6, 6.07) is 20.7. The van der Waals surface area contributed by atoms with Gasteiger partial charge < -0.3 is 19.9 Å². The van der Waals surface area contributed by atoms with E-state index in [0.29, 0.717) is 16.5 Å². The first-order valence-electron chi connectivity index (χ1n) is 10.5. The van der Waals surface area contributed by atoms with Crippen molar-refractivity contribution in [3.05, 3.63) is 84.4 Å². The fourth-order valence-electron chi connectivity index (χ4n) is 3.61. The lowest BCUT2D eigenvalue weighted by Gasteiger charge is -2.18. The number of rotatable bonds is 6. The predicted molar refractivity (Wildman–Crippen MR) is 133 cm³/mol. The summed E-state index contributed by atoms with van der Waals surface area (Å²) in [5.74, 6) is -0.802. The molecule has 178 valence electrons. The summed E-state index contributed by atoms with van der Waals surface area (Å²) < 4.78 is 34.7. The van der Waals surface area contributed by atoms with Crippen molar-refractivity contribution in [2.75, 3.05) is 24.3 Å². The minimum Gasteiger partial charge on any atom is -0.744 e. The van der Waals surface area contributed by atoms with Gasteiger partial charge >= 0.3 is 0 Å². The number of aromatic hydroxyl groups is 1. The zero-order valence-corrected chi connectivity index (χ0v) is 19.7. The molecule has 35 heavy (non-hydrogen) atoms. The smallest absolute Gasteiger partial charge is 0.259 e. The number of amides is 1. The van der Waals surface area contributed by atoms with Gasteiger partial charge in [-0.2, -0.15) is 0 Å². The van der Waals surface area contributed by atoms with E-state index in [1.54, 1.807) is 36.4 Å². The molecular formula is C25H21N4O5S-. The standard InChI is InChI=1S/C25H22N4O5S/c1-29(2)22-13-7-5-11-19(22)26-25(31)18-15-21(16-9-3-4-10-17(16)24(18)30)28-27-20-12-6-8-14-23(20)35(32,33)34/h3-15,30H,1-2H3,(H,26,31)(H,32,33,34)/p-1. The topological polar surface area (TPSA) is 134 Å². The van der Waals surface area contributed by atoms with E-state index in [0.717, 1.165) is 11.8 Å². The number of nitrogens with one attached hydrogen (secondary N) is 1. The Balaban J connectivity index is 1.81. The summed E-state index contributed by atoms with van der Waals surface area (Å²) in [6.45, 7) is 0. The Hall–Kier alpha value is -4.28. The highest BCUT2D eigenvalue weighted by atomic mass is 32.2. The van der Waals surface area contributed by atoms with Crippen LogP contribution >= 0.6 is 0 Å². The molecular weight excluding hydrogens is 468 g/mol. The maximum atomic E-state index is 13.2. The Morgan fingerprint density at radius 3 is 2.20 bits per heavy atom. The van der Waals surface area contributed by atoms with E-state index >= 15 is 0 Å². The Kier molecular flexibility index (Phi) is 6.50. The van der Waals surface area contributed by atoms with Crippen molar-refractivity contribution >= 4 is 49.5 Å². The second-order valence-corrected chi connectivity index (χ2v) is 9.17. The van der Waals surface area contributed by atoms with E-state index in [1.807, 2.05) is 31.1 Å². The first kappa shape index (κ1) is 23.9. The number of phenolic OH excluding ortho intramolecular Hbond substituents is 1. The number of hydrogen-bond acceptors (Lipinski definition) is 8. The minimum absolute atomic E-state index is 0.0454. The summed E-state index contributed by atoms with van der Waals surface area (Å²) in [7, 11) is -1.08. The van der Waals surface area contributed by atoms with Crippen LogP contribution in [0.15, 0.2) is 94.0 Å². The number of carbonyl (C=O) groups is 1. The molecule has 0 aliphatic heterocycles. The van der Waals surface area contributed by atoms with Crippen LogP contribution in [-0.2, 0) is 10.1 Å². The van der Waals surface area contributed by atoms with Crippen molar-refractivity contribution in [1.82, 2.24) is 0 Å². The number of anilines is 2. The number of hydrogen-bond donors (Lipinski definition) is 2. The SMILES string of the molecule is CN(C)c1ccccc1NC(=O)c1cc(N=Nc2ccccc2S(=O)(=O)[O-])c2ccccc2c1O. The number of nitrogens with zero attached hydrogens (tertiary/aromatic N) is 3. The largest absolute Gasteiger partial charge is 0.744 e. The first-order chi connectivity index (χ1) is 16.7. The van der Waals surface area contributed by atoms with Gasteiger partial charge in [0.1, 0.15) is 21.6 Å². The monoisotopic (exact) mass is 489 g/mol. The molecule has 0 aromatic heterocycles. The van der Waals surface area contributed by atoms with Crippen molar-refractivity contribution in [2.45, 2.75) is 4.90 Å². The Bertz CT molecular complexity index is 1570. The number of para-hydroxylation sites is 2. The highest BCUT2D eigenvalue weighted by Gasteiger charge is 2.19. The van der Waals surface area contributed by atoms with Crippen molar-refractivity contribution < 1.29 is 22.9 Å². The third kappa shape index (κ3) is 4.98. The van der Waals surface area contributed by atoms with E-state index in [-0.39, 0.29) is 22.7 Å². The van der Waals surface area contributed by atoms with Crippen LogP contribution in [0.2, 0.25) is 0 Å². The summed E-state index contributed by atoms with van der Waals surface area (Å²) in [5.41, 5.74) is 1.35. The quantitative estimate of drug-likeness (QED) is 0.283. The number of azo groups is 1. The van der Waals surface area contributed by atoms with E-state index in [1.165, 1.54) is 24.3 Å². The molecule has 0 saturated carbocycles. The highest BCUT2D eigenvalue weighted by molar-refractivity contribution is 7.86. The van der Waals surface area contributed by atoms with Crippen molar-refractivity contribution in [1.29, 1.82) is 0 Å². The molecule has 0 unspecified atom stereocenters. The zero-order valence-electron chi connectivity index (χ0n) is 18.8. The molecule has 1 amide bonds. The molecule has 0 atom stereocenters. The van der Waals surface area contributed by atoms with Gasteiger partial charge in [0.2, 0.25) is 0 Å².